The molecule has 1 aromatic carbocycles. The quantitative estimate of drug-likeness (QED) is 0.848. The van der Waals surface area contributed by atoms with Crippen molar-refractivity contribution in [2.24, 2.45) is 5.73 Å². The van der Waals surface area contributed by atoms with Crippen LogP contribution in [0.5, 0.6) is 5.75 Å². The monoisotopic (exact) mass is 235 g/mol. The molecule has 1 aromatic heterocycles. The van der Waals surface area contributed by atoms with E-state index in [0.29, 0.717) is 17.9 Å². The van der Waals surface area contributed by atoms with Gasteiger partial charge in [-0.1, -0.05) is 5.16 Å². The SMILES string of the molecule is NCc1nc(-c2cc3c(cc2F)OCC3)no1. The average molecular weight is 235 g/mol. The van der Waals surface area contributed by atoms with Gasteiger partial charge in [-0.3, -0.25) is 0 Å². The largest absolute Gasteiger partial charge is 0.493 e. The summed E-state index contributed by atoms with van der Waals surface area (Å²) in [4.78, 5) is 4.00. The molecule has 5 nitrogen and oxygen atoms in total. The van der Waals surface area contributed by atoms with E-state index in [1.807, 2.05) is 0 Å². The lowest BCUT2D eigenvalue weighted by Gasteiger charge is -2.02. The molecule has 2 aromatic rings. The molecule has 0 fully saturated rings. The Hall–Kier alpha value is -1.95. The Balaban J connectivity index is 2.08. The fraction of sp³-hybridized carbons (Fsp3) is 0.273. The van der Waals surface area contributed by atoms with Crippen molar-refractivity contribution >= 4 is 0 Å². The van der Waals surface area contributed by atoms with Crippen LogP contribution in [0.15, 0.2) is 16.7 Å². The molecule has 0 amide bonds. The Kier molecular flexibility index (Phi) is 2.29. The summed E-state index contributed by atoms with van der Waals surface area (Å²) < 4.78 is 23.9. The van der Waals surface area contributed by atoms with Crippen LogP contribution >= 0.6 is 0 Å². The zero-order chi connectivity index (χ0) is 11.8. The van der Waals surface area contributed by atoms with Gasteiger partial charge in [-0.15, -0.1) is 0 Å². The normalized spacial score (nSPS) is 13.5. The minimum Gasteiger partial charge on any atom is -0.493 e. The molecule has 0 radical (unpaired) electrons. The van der Waals surface area contributed by atoms with E-state index >= 15 is 0 Å². The van der Waals surface area contributed by atoms with Crippen molar-refractivity contribution in [3.63, 3.8) is 0 Å². The number of fused-ring (bicyclic) bond motifs is 1. The Labute approximate surface area is 96.4 Å². The van der Waals surface area contributed by atoms with E-state index in [4.69, 9.17) is 15.0 Å². The molecule has 1 aliphatic rings. The summed E-state index contributed by atoms with van der Waals surface area (Å²) in [5.41, 5.74) is 6.64. The van der Waals surface area contributed by atoms with Crippen LogP contribution in [0.3, 0.4) is 0 Å². The first-order valence-electron chi connectivity index (χ1n) is 5.26. The molecule has 0 saturated heterocycles. The highest BCUT2D eigenvalue weighted by Gasteiger charge is 2.19. The van der Waals surface area contributed by atoms with Crippen molar-refractivity contribution in [2.75, 3.05) is 6.61 Å². The predicted molar refractivity (Wildman–Crippen MR) is 56.8 cm³/mol. The summed E-state index contributed by atoms with van der Waals surface area (Å²) >= 11 is 0. The second-order valence-electron chi connectivity index (χ2n) is 3.75. The number of hydrogen-bond donors (Lipinski definition) is 1. The number of rotatable bonds is 2. The number of halogens is 1. The van der Waals surface area contributed by atoms with Gasteiger partial charge < -0.3 is 15.0 Å². The van der Waals surface area contributed by atoms with E-state index in [1.54, 1.807) is 6.07 Å². The molecule has 2 N–H and O–H groups in total. The number of aromatic nitrogens is 2. The third-order valence-corrected chi connectivity index (χ3v) is 2.66. The molecule has 88 valence electrons. The topological polar surface area (TPSA) is 74.2 Å². The number of nitrogens with two attached hydrogens (primary N) is 1. The van der Waals surface area contributed by atoms with Gasteiger partial charge >= 0.3 is 0 Å². The molecule has 0 atom stereocenters. The summed E-state index contributed by atoms with van der Waals surface area (Å²) in [6.45, 7) is 0.723. The lowest BCUT2D eigenvalue weighted by atomic mass is 10.1. The maximum absolute atomic E-state index is 13.8. The molecule has 2 heterocycles. The molecule has 0 aliphatic carbocycles. The average Bonchev–Trinajstić information content (AvgIpc) is 2.94. The molecule has 1 aliphatic heterocycles. The van der Waals surface area contributed by atoms with Crippen molar-refractivity contribution in [3.8, 4) is 17.1 Å². The fourth-order valence-electron chi connectivity index (χ4n) is 1.82. The first kappa shape index (κ1) is 10.2. The van der Waals surface area contributed by atoms with Crippen molar-refractivity contribution in [1.82, 2.24) is 10.1 Å². The van der Waals surface area contributed by atoms with Crippen LogP contribution in [-0.4, -0.2) is 16.7 Å². The van der Waals surface area contributed by atoms with Crippen molar-refractivity contribution in [2.45, 2.75) is 13.0 Å². The standard InChI is InChI=1S/C11H10FN3O2/c12-8-4-9-6(1-2-16-9)3-7(8)11-14-10(5-13)17-15-11/h3-4H,1-2,5,13H2. The zero-order valence-corrected chi connectivity index (χ0v) is 8.94. The molecule has 0 spiro atoms. The van der Waals surface area contributed by atoms with Crippen LogP contribution in [0, 0.1) is 5.82 Å². The van der Waals surface area contributed by atoms with Gasteiger partial charge in [0.1, 0.15) is 11.6 Å². The Morgan fingerprint density at radius 2 is 2.29 bits per heavy atom. The van der Waals surface area contributed by atoms with E-state index in [0.717, 1.165) is 12.0 Å². The van der Waals surface area contributed by atoms with Gasteiger partial charge in [0.2, 0.25) is 11.7 Å². The van der Waals surface area contributed by atoms with E-state index in [9.17, 15) is 4.39 Å². The number of benzene rings is 1. The third kappa shape index (κ3) is 1.66. The Morgan fingerprint density at radius 1 is 1.41 bits per heavy atom. The number of nitrogens with zero attached hydrogens (tertiary/aromatic N) is 2. The van der Waals surface area contributed by atoms with Crippen LogP contribution in [0.25, 0.3) is 11.4 Å². The molecule has 6 heteroatoms. The lowest BCUT2D eigenvalue weighted by molar-refractivity contribution is 0.355. The van der Waals surface area contributed by atoms with Gasteiger partial charge in [0.25, 0.3) is 0 Å². The smallest absolute Gasteiger partial charge is 0.240 e. The second-order valence-corrected chi connectivity index (χ2v) is 3.75. The predicted octanol–water partition coefficient (Wildman–Crippen LogP) is 1.27. The van der Waals surface area contributed by atoms with Gasteiger partial charge in [0, 0.05) is 12.5 Å². The maximum atomic E-state index is 13.8. The van der Waals surface area contributed by atoms with Gasteiger partial charge in [-0.05, 0) is 11.6 Å². The van der Waals surface area contributed by atoms with Crippen LogP contribution in [0.1, 0.15) is 11.5 Å². The Morgan fingerprint density at radius 3 is 3.06 bits per heavy atom. The summed E-state index contributed by atoms with van der Waals surface area (Å²) in [6, 6.07) is 3.05. The van der Waals surface area contributed by atoms with E-state index in [2.05, 4.69) is 10.1 Å². The van der Waals surface area contributed by atoms with Crippen molar-refractivity contribution in [1.29, 1.82) is 0 Å². The van der Waals surface area contributed by atoms with Crippen LogP contribution in [-0.2, 0) is 13.0 Å². The minimum atomic E-state index is -0.421. The molecule has 3 rings (SSSR count). The minimum absolute atomic E-state index is 0.142. The lowest BCUT2D eigenvalue weighted by Crippen LogP contribution is -1.96. The highest BCUT2D eigenvalue weighted by molar-refractivity contribution is 5.60. The summed E-state index contributed by atoms with van der Waals surface area (Å²) in [7, 11) is 0. The molecular weight excluding hydrogens is 225 g/mol. The van der Waals surface area contributed by atoms with E-state index in [1.165, 1.54) is 6.07 Å². The highest BCUT2D eigenvalue weighted by Crippen LogP contribution is 2.31. The summed E-state index contributed by atoms with van der Waals surface area (Å²) in [5.74, 6) is 0.678. The van der Waals surface area contributed by atoms with E-state index in [-0.39, 0.29) is 18.3 Å². The Bertz CT molecular complexity index is 568. The van der Waals surface area contributed by atoms with Crippen molar-refractivity contribution < 1.29 is 13.7 Å². The van der Waals surface area contributed by atoms with Gasteiger partial charge in [-0.25, -0.2) is 4.39 Å². The molecule has 0 bridgehead atoms. The first-order chi connectivity index (χ1) is 8.28. The molecule has 0 saturated carbocycles. The first-order valence-corrected chi connectivity index (χ1v) is 5.26. The summed E-state index contributed by atoms with van der Waals surface area (Å²) in [6.07, 6.45) is 0.768. The van der Waals surface area contributed by atoms with Gasteiger partial charge in [0.05, 0.1) is 18.7 Å². The fourth-order valence-corrected chi connectivity index (χ4v) is 1.82. The number of hydrogen-bond acceptors (Lipinski definition) is 5. The van der Waals surface area contributed by atoms with Gasteiger partial charge in [0.15, 0.2) is 0 Å². The molecule has 17 heavy (non-hydrogen) atoms. The highest BCUT2D eigenvalue weighted by atomic mass is 19.1. The van der Waals surface area contributed by atoms with Crippen LogP contribution in [0.2, 0.25) is 0 Å². The van der Waals surface area contributed by atoms with Gasteiger partial charge in [-0.2, -0.15) is 4.98 Å². The number of ether oxygens (including phenoxy) is 1. The van der Waals surface area contributed by atoms with Crippen LogP contribution in [0.4, 0.5) is 4.39 Å². The third-order valence-electron chi connectivity index (χ3n) is 2.66. The second kappa shape index (κ2) is 3.81. The van der Waals surface area contributed by atoms with E-state index < -0.39 is 5.82 Å². The molecule has 0 unspecified atom stereocenters. The maximum Gasteiger partial charge on any atom is 0.240 e. The van der Waals surface area contributed by atoms with Crippen molar-refractivity contribution in [3.05, 3.63) is 29.4 Å². The summed E-state index contributed by atoms with van der Waals surface area (Å²) in [5, 5.41) is 3.70. The van der Waals surface area contributed by atoms with Crippen LogP contribution < -0.4 is 10.5 Å². The molecular formula is C11H10FN3O2. The zero-order valence-electron chi connectivity index (χ0n) is 8.94.